The number of nitrogens with two attached hydrogens (primary N) is 2. The maximum atomic E-state index is 7.75. The minimum absolute atomic E-state index is 0.0972. The molecule has 0 radical (unpaired) electrons. The normalized spacial score (nSPS) is 17.4. The van der Waals surface area contributed by atoms with Crippen LogP contribution < -0.4 is 16.8 Å². The fourth-order valence-corrected chi connectivity index (χ4v) is 1.25. The average molecular weight is 204 g/mol. The smallest absolute Gasteiger partial charge is 0.0553 e. The van der Waals surface area contributed by atoms with Crippen molar-refractivity contribution in [3.63, 3.8) is 0 Å². The fraction of sp³-hybridized carbons (Fsp3) is 1.00. The van der Waals surface area contributed by atoms with Gasteiger partial charge in [-0.15, -0.1) is 0 Å². The molecular weight excluding hydrogens is 180 g/mol. The minimum Gasteiger partial charge on any atom is -0.395 e. The Hall–Kier alpha value is -0.200. The van der Waals surface area contributed by atoms with E-state index in [0.29, 0.717) is 6.54 Å². The predicted octanol–water partition coefficient (Wildman–Crippen LogP) is -1.82. The first-order valence-corrected chi connectivity index (χ1v) is 5.29. The molecule has 5 heteroatoms. The lowest BCUT2D eigenvalue weighted by Gasteiger charge is -2.26. The summed E-state index contributed by atoms with van der Waals surface area (Å²) in [5, 5.41) is 11.1. The molecule has 0 bridgehead atoms. The van der Waals surface area contributed by atoms with Gasteiger partial charge in [0.25, 0.3) is 0 Å². The Morgan fingerprint density at radius 3 is 2.14 bits per heavy atom. The van der Waals surface area contributed by atoms with E-state index in [1.165, 1.54) is 19.6 Å². The first-order chi connectivity index (χ1) is 6.85. The number of aliphatic hydroxyl groups is 1. The quantitative estimate of drug-likeness (QED) is 0.433. The maximum Gasteiger partial charge on any atom is 0.0553 e. The standard InChI is InChI=1S/C7H17N3.C2H7NO/c8-2-1-5-10-6-3-9-4-7-10;3-1-2-4/h9H,1-8H2;4H,1-3H2. The number of nitrogens with one attached hydrogen (secondary N) is 1. The number of nitrogens with zero attached hydrogens (tertiary/aromatic N) is 1. The molecule has 14 heavy (non-hydrogen) atoms. The van der Waals surface area contributed by atoms with Crippen LogP contribution in [0, 0.1) is 0 Å². The van der Waals surface area contributed by atoms with Crippen molar-refractivity contribution in [2.45, 2.75) is 6.42 Å². The van der Waals surface area contributed by atoms with E-state index in [0.717, 1.165) is 26.1 Å². The summed E-state index contributed by atoms with van der Waals surface area (Å²) in [7, 11) is 0. The largest absolute Gasteiger partial charge is 0.395 e. The molecule has 0 spiro atoms. The van der Waals surface area contributed by atoms with Crippen molar-refractivity contribution >= 4 is 0 Å². The molecule has 0 aliphatic carbocycles. The van der Waals surface area contributed by atoms with Crippen LogP contribution in [0.5, 0.6) is 0 Å². The molecule has 0 aromatic rings. The summed E-state index contributed by atoms with van der Waals surface area (Å²) in [4.78, 5) is 2.46. The van der Waals surface area contributed by atoms with Crippen molar-refractivity contribution in [1.82, 2.24) is 10.2 Å². The molecule has 0 unspecified atom stereocenters. The second-order valence-electron chi connectivity index (χ2n) is 3.25. The molecule has 0 aromatic carbocycles. The third-order valence-corrected chi connectivity index (χ3v) is 2.02. The zero-order chi connectivity index (χ0) is 10.6. The van der Waals surface area contributed by atoms with Crippen molar-refractivity contribution in [2.24, 2.45) is 11.5 Å². The highest BCUT2D eigenvalue weighted by Gasteiger charge is 2.06. The molecule has 5 nitrogen and oxygen atoms in total. The van der Waals surface area contributed by atoms with Gasteiger partial charge in [-0.2, -0.15) is 0 Å². The van der Waals surface area contributed by atoms with Crippen LogP contribution in [0.25, 0.3) is 0 Å². The first kappa shape index (κ1) is 13.8. The second-order valence-corrected chi connectivity index (χ2v) is 3.25. The molecule has 6 N–H and O–H groups in total. The molecule has 1 aliphatic heterocycles. The molecule has 0 atom stereocenters. The van der Waals surface area contributed by atoms with E-state index >= 15 is 0 Å². The molecule has 0 saturated carbocycles. The van der Waals surface area contributed by atoms with Crippen molar-refractivity contribution in [2.75, 3.05) is 52.4 Å². The molecule has 1 fully saturated rings. The monoisotopic (exact) mass is 204 g/mol. The zero-order valence-electron chi connectivity index (χ0n) is 8.91. The summed E-state index contributed by atoms with van der Waals surface area (Å²) in [5.74, 6) is 0. The summed E-state index contributed by atoms with van der Waals surface area (Å²) >= 11 is 0. The van der Waals surface area contributed by atoms with Crippen molar-refractivity contribution in [3.05, 3.63) is 0 Å². The van der Waals surface area contributed by atoms with Crippen molar-refractivity contribution < 1.29 is 5.11 Å². The molecule has 1 heterocycles. The van der Waals surface area contributed by atoms with E-state index in [1.807, 2.05) is 0 Å². The molecule has 1 saturated heterocycles. The lowest BCUT2D eigenvalue weighted by atomic mass is 10.3. The third kappa shape index (κ3) is 8.40. The zero-order valence-corrected chi connectivity index (χ0v) is 8.91. The number of rotatable bonds is 4. The Morgan fingerprint density at radius 1 is 1.14 bits per heavy atom. The summed E-state index contributed by atoms with van der Waals surface area (Å²) < 4.78 is 0. The average Bonchev–Trinajstić information content (AvgIpc) is 2.28. The van der Waals surface area contributed by atoms with Crippen LogP contribution in [0.3, 0.4) is 0 Å². The Balaban J connectivity index is 0.000000364. The summed E-state index contributed by atoms with van der Waals surface area (Å²) in [6.07, 6.45) is 1.14. The fourth-order valence-electron chi connectivity index (χ4n) is 1.25. The van der Waals surface area contributed by atoms with Crippen LogP contribution in [0.2, 0.25) is 0 Å². The number of aliphatic hydroxyl groups excluding tert-OH is 1. The van der Waals surface area contributed by atoms with Crippen LogP contribution in [-0.4, -0.2) is 62.4 Å². The van der Waals surface area contributed by atoms with Crippen LogP contribution >= 0.6 is 0 Å². The lowest BCUT2D eigenvalue weighted by molar-refractivity contribution is 0.240. The van der Waals surface area contributed by atoms with Crippen LogP contribution in [0.4, 0.5) is 0 Å². The van der Waals surface area contributed by atoms with Crippen LogP contribution in [-0.2, 0) is 0 Å². The Bertz CT molecular complexity index is 105. The van der Waals surface area contributed by atoms with Gasteiger partial charge in [0.1, 0.15) is 0 Å². The minimum atomic E-state index is 0.0972. The van der Waals surface area contributed by atoms with Gasteiger partial charge in [0, 0.05) is 32.7 Å². The highest BCUT2D eigenvalue weighted by Crippen LogP contribution is 1.92. The van der Waals surface area contributed by atoms with E-state index in [2.05, 4.69) is 10.2 Å². The van der Waals surface area contributed by atoms with Gasteiger partial charge in [-0.25, -0.2) is 0 Å². The number of piperazine rings is 1. The van der Waals surface area contributed by atoms with Gasteiger partial charge in [0.15, 0.2) is 0 Å². The SMILES string of the molecule is NCCCN1CCNCC1.NCCO. The highest BCUT2D eigenvalue weighted by atomic mass is 16.3. The van der Waals surface area contributed by atoms with Gasteiger partial charge >= 0.3 is 0 Å². The highest BCUT2D eigenvalue weighted by molar-refractivity contribution is 4.66. The van der Waals surface area contributed by atoms with E-state index < -0.39 is 0 Å². The maximum absolute atomic E-state index is 7.75. The Morgan fingerprint density at radius 2 is 1.71 bits per heavy atom. The van der Waals surface area contributed by atoms with E-state index in [-0.39, 0.29) is 6.61 Å². The molecule has 0 amide bonds. The first-order valence-electron chi connectivity index (χ1n) is 5.29. The van der Waals surface area contributed by atoms with E-state index in [9.17, 15) is 0 Å². The molecule has 1 aliphatic rings. The molecule has 1 rings (SSSR count). The summed E-state index contributed by atoms with van der Waals surface area (Å²) in [6.45, 7) is 7.15. The van der Waals surface area contributed by atoms with E-state index in [4.69, 9.17) is 16.6 Å². The number of hydrogen-bond acceptors (Lipinski definition) is 5. The molecule has 0 aromatic heterocycles. The second kappa shape index (κ2) is 10.9. The van der Waals surface area contributed by atoms with Gasteiger partial charge in [0.2, 0.25) is 0 Å². The number of hydrogen-bond donors (Lipinski definition) is 4. The predicted molar refractivity (Wildman–Crippen MR) is 59.1 cm³/mol. The topological polar surface area (TPSA) is 87.5 Å². The van der Waals surface area contributed by atoms with Crippen LogP contribution in [0.15, 0.2) is 0 Å². The molecular formula is C9H24N4O. The van der Waals surface area contributed by atoms with Crippen molar-refractivity contribution in [3.8, 4) is 0 Å². The van der Waals surface area contributed by atoms with Crippen LogP contribution in [0.1, 0.15) is 6.42 Å². The van der Waals surface area contributed by atoms with E-state index in [1.54, 1.807) is 0 Å². The van der Waals surface area contributed by atoms with Gasteiger partial charge < -0.3 is 26.8 Å². The Labute approximate surface area is 86.4 Å². The van der Waals surface area contributed by atoms with Gasteiger partial charge in [-0.05, 0) is 19.5 Å². The van der Waals surface area contributed by atoms with Gasteiger partial charge in [-0.1, -0.05) is 0 Å². The van der Waals surface area contributed by atoms with Gasteiger partial charge in [0.05, 0.1) is 6.61 Å². The third-order valence-electron chi connectivity index (χ3n) is 2.02. The summed E-state index contributed by atoms with van der Waals surface area (Å²) in [6, 6.07) is 0. The van der Waals surface area contributed by atoms with Gasteiger partial charge in [-0.3, -0.25) is 0 Å². The summed E-state index contributed by atoms with van der Waals surface area (Å²) in [5.41, 5.74) is 10.2. The lowest BCUT2D eigenvalue weighted by Crippen LogP contribution is -2.44. The van der Waals surface area contributed by atoms with Crippen molar-refractivity contribution in [1.29, 1.82) is 0 Å². The molecule has 86 valence electrons. The Kier molecular flexibility index (Phi) is 10.7.